The summed E-state index contributed by atoms with van der Waals surface area (Å²) in [6, 6.07) is 10.9. The first-order chi connectivity index (χ1) is 20.4. The zero-order chi connectivity index (χ0) is 31.2. The molecule has 0 radical (unpaired) electrons. The number of nitrogens with zero attached hydrogens (tertiary/aromatic N) is 1. The van der Waals surface area contributed by atoms with Crippen molar-refractivity contribution in [2.75, 3.05) is 20.7 Å². The fraction of sp³-hybridized carbons (Fsp3) is 0.576. The van der Waals surface area contributed by atoms with E-state index in [0.29, 0.717) is 34.5 Å². The summed E-state index contributed by atoms with van der Waals surface area (Å²) < 4.78 is 5.95. The van der Waals surface area contributed by atoms with Gasteiger partial charge in [0.2, 0.25) is 5.91 Å². The Morgan fingerprint density at radius 3 is 2.60 bits per heavy atom. The number of rotatable bonds is 9. The molecule has 1 heterocycles. The molecule has 8 atom stereocenters. The van der Waals surface area contributed by atoms with Crippen LogP contribution in [0.2, 0.25) is 0 Å². The fourth-order valence-corrected chi connectivity index (χ4v) is 8.09. The highest BCUT2D eigenvalue weighted by atomic mass is 16.7. The highest BCUT2D eigenvalue weighted by Crippen LogP contribution is 2.61. The minimum Gasteiger partial charge on any atom is -0.496 e. The van der Waals surface area contributed by atoms with Gasteiger partial charge in [0.1, 0.15) is 19.6 Å². The van der Waals surface area contributed by atoms with Crippen molar-refractivity contribution in [2.45, 2.75) is 71.4 Å². The Labute approximate surface area is 256 Å². The first-order valence-corrected chi connectivity index (χ1v) is 15.5. The lowest BCUT2D eigenvalue weighted by molar-refractivity contribution is -0.175. The molecule has 2 aromatic rings. The number of nitrogens with two attached hydrogens (primary N) is 1. The van der Waals surface area contributed by atoms with E-state index in [-0.39, 0.29) is 30.9 Å². The van der Waals surface area contributed by atoms with Crippen LogP contribution in [0.5, 0.6) is 5.75 Å². The second kappa shape index (κ2) is 12.2. The summed E-state index contributed by atoms with van der Waals surface area (Å²) in [5.41, 5.74) is 10.4. The first kappa shape index (κ1) is 31.5. The van der Waals surface area contributed by atoms with E-state index < -0.39 is 24.2 Å². The average Bonchev–Trinajstić information content (AvgIpc) is 3.35. The number of carbonyl (C=O) groups is 2. The maximum atomic E-state index is 14.1. The molecule has 232 valence electrons. The Morgan fingerprint density at radius 2 is 2.00 bits per heavy atom. The van der Waals surface area contributed by atoms with Gasteiger partial charge in [0, 0.05) is 42.2 Å². The lowest BCUT2D eigenvalue weighted by Gasteiger charge is -2.62. The number of nitrogens with one attached hydrogen (secondary N) is 2. The van der Waals surface area contributed by atoms with Gasteiger partial charge < -0.3 is 26.2 Å². The number of aliphatic hydroxyl groups excluding tert-OH is 1. The van der Waals surface area contributed by atoms with E-state index in [1.54, 1.807) is 26.1 Å². The SMILES string of the molecule is Bc1cc(C(=O)NC)cc(-c2cccc(CN3O[C@@H](CN)[C@H]([C@H](C)O)[C@H]3C(=O)N[C@H]3C[C@H]4C[C@@H]([C@@H]3C)C4(C)C)c2OC)c1. The predicted octanol–water partition coefficient (Wildman–Crippen LogP) is 1.61. The molecule has 0 unspecified atom stereocenters. The minimum atomic E-state index is -0.797. The summed E-state index contributed by atoms with van der Waals surface area (Å²) in [4.78, 5) is 32.8. The van der Waals surface area contributed by atoms with Gasteiger partial charge in [-0.15, -0.1) is 0 Å². The highest BCUT2D eigenvalue weighted by Gasteiger charge is 2.57. The van der Waals surface area contributed by atoms with Crippen LogP contribution in [0.3, 0.4) is 0 Å². The smallest absolute Gasteiger partial charge is 0.251 e. The zero-order valence-corrected chi connectivity index (χ0v) is 26.5. The van der Waals surface area contributed by atoms with Crippen molar-refractivity contribution in [2.24, 2.45) is 34.8 Å². The second-order valence-electron chi connectivity index (χ2n) is 13.5. The quantitative estimate of drug-likeness (QED) is 0.327. The number of carbonyl (C=O) groups excluding carboxylic acids is 2. The molecule has 43 heavy (non-hydrogen) atoms. The van der Waals surface area contributed by atoms with Crippen LogP contribution in [0, 0.1) is 29.1 Å². The Hall–Kier alpha value is -2.92. The van der Waals surface area contributed by atoms with Gasteiger partial charge >= 0.3 is 0 Å². The summed E-state index contributed by atoms with van der Waals surface area (Å²) in [6.07, 6.45) is 0.891. The number of methoxy groups -OCH3 is 1. The molecule has 5 N–H and O–H groups in total. The fourth-order valence-electron chi connectivity index (χ4n) is 8.09. The normalized spacial score (nSPS) is 30.3. The number of hydrogen-bond donors (Lipinski definition) is 4. The second-order valence-corrected chi connectivity index (χ2v) is 13.5. The van der Waals surface area contributed by atoms with Gasteiger partial charge in [0.25, 0.3) is 5.91 Å². The van der Waals surface area contributed by atoms with Gasteiger partial charge in [-0.3, -0.25) is 14.4 Å². The topological polar surface area (TPSA) is 126 Å². The van der Waals surface area contributed by atoms with Crippen LogP contribution in [0.1, 0.15) is 56.5 Å². The Kier molecular flexibility index (Phi) is 8.96. The summed E-state index contributed by atoms with van der Waals surface area (Å²) in [5, 5.41) is 18.6. The molecule has 1 aliphatic heterocycles. The van der Waals surface area contributed by atoms with E-state index in [1.165, 1.54) is 6.42 Å². The molecule has 0 spiro atoms. The Morgan fingerprint density at radius 1 is 1.26 bits per heavy atom. The van der Waals surface area contributed by atoms with Crippen LogP contribution in [-0.2, 0) is 16.2 Å². The number of para-hydroxylation sites is 1. The van der Waals surface area contributed by atoms with Crippen molar-refractivity contribution < 1.29 is 24.3 Å². The van der Waals surface area contributed by atoms with Crippen molar-refractivity contribution in [1.29, 1.82) is 0 Å². The molecule has 4 fully saturated rings. The van der Waals surface area contributed by atoms with E-state index >= 15 is 0 Å². The van der Waals surface area contributed by atoms with Crippen molar-refractivity contribution in [3.63, 3.8) is 0 Å². The number of aliphatic hydroxyl groups is 1. The zero-order valence-electron chi connectivity index (χ0n) is 26.5. The largest absolute Gasteiger partial charge is 0.496 e. The van der Waals surface area contributed by atoms with Gasteiger partial charge in [-0.25, -0.2) is 0 Å². The molecule has 2 amide bonds. The van der Waals surface area contributed by atoms with Gasteiger partial charge in [0.05, 0.1) is 25.9 Å². The minimum absolute atomic E-state index is 0.0893. The van der Waals surface area contributed by atoms with Crippen LogP contribution in [0.4, 0.5) is 0 Å². The van der Waals surface area contributed by atoms with E-state index in [2.05, 4.69) is 31.4 Å². The maximum Gasteiger partial charge on any atom is 0.251 e. The average molecular weight is 591 g/mol. The molecule has 3 aliphatic carbocycles. The van der Waals surface area contributed by atoms with Gasteiger partial charge in [-0.1, -0.05) is 56.6 Å². The van der Waals surface area contributed by atoms with Gasteiger partial charge in [0.15, 0.2) is 0 Å². The standard InChI is InChI=1S/C33H47BN4O5/c1-17-25-13-22(33(25,3)4)14-26(17)37-32(41)29-28(18(2)39)27(15-35)43-38(29)16-19-8-7-9-24(30(19)42-6)20-10-21(31(40)36-5)12-23(34)11-20/h7-12,17-18,22,25-29,39H,13-16,34-35H2,1-6H3,(H,36,40)(H,37,41)/t17-,18-,22+,25-,26-,27-,28-,29-/m0/s1. The Bertz CT molecular complexity index is 1370. The third-order valence-corrected chi connectivity index (χ3v) is 10.6. The lowest BCUT2D eigenvalue weighted by Crippen LogP contribution is -2.62. The molecule has 10 heteroatoms. The number of hydrogen-bond acceptors (Lipinski definition) is 7. The number of ether oxygens (including phenoxy) is 1. The summed E-state index contributed by atoms with van der Waals surface area (Å²) in [7, 11) is 5.18. The lowest BCUT2D eigenvalue weighted by atomic mass is 9.45. The van der Waals surface area contributed by atoms with Gasteiger partial charge in [-0.2, -0.15) is 5.06 Å². The molecule has 9 nitrogen and oxygen atoms in total. The molecular weight excluding hydrogens is 543 g/mol. The molecule has 2 bridgehead atoms. The number of fused-ring (bicyclic) bond motifs is 2. The summed E-state index contributed by atoms with van der Waals surface area (Å²) in [6.45, 7) is 9.07. The van der Waals surface area contributed by atoms with E-state index in [9.17, 15) is 14.7 Å². The highest BCUT2D eigenvalue weighted by molar-refractivity contribution is 6.33. The third kappa shape index (κ3) is 5.70. The summed E-state index contributed by atoms with van der Waals surface area (Å²) in [5.74, 6) is 1.42. The monoisotopic (exact) mass is 590 g/mol. The van der Waals surface area contributed by atoms with E-state index in [1.807, 2.05) is 44.2 Å². The molecular formula is C33H47BN4O5. The number of amides is 2. The molecule has 0 aromatic heterocycles. The van der Waals surface area contributed by atoms with Crippen LogP contribution in [0.25, 0.3) is 11.1 Å². The van der Waals surface area contributed by atoms with Crippen LogP contribution in [-0.4, -0.2) is 74.8 Å². The van der Waals surface area contributed by atoms with Crippen LogP contribution < -0.4 is 26.6 Å². The van der Waals surface area contributed by atoms with E-state index in [0.717, 1.165) is 28.6 Å². The van der Waals surface area contributed by atoms with Crippen molar-refractivity contribution in [3.05, 3.63) is 47.5 Å². The number of hydroxylamine groups is 2. The predicted molar refractivity (Wildman–Crippen MR) is 170 cm³/mol. The maximum absolute atomic E-state index is 14.1. The molecule has 3 saturated carbocycles. The van der Waals surface area contributed by atoms with Crippen molar-refractivity contribution in [1.82, 2.24) is 15.7 Å². The van der Waals surface area contributed by atoms with Crippen LogP contribution in [0.15, 0.2) is 36.4 Å². The molecule has 2 aromatic carbocycles. The third-order valence-electron chi connectivity index (χ3n) is 10.6. The summed E-state index contributed by atoms with van der Waals surface area (Å²) >= 11 is 0. The molecule has 1 saturated heterocycles. The molecule has 6 rings (SSSR count). The van der Waals surface area contributed by atoms with Crippen LogP contribution >= 0.6 is 0 Å². The number of benzene rings is 2. The molecule has 4 aliphatic rings. The van der Waals surface area contributed by atoms with E-state index in [4.69, 9.17) is 15.3 Å². The van der Waals surface area contributed by atoms with Gasteiger partial charge in [-0.05, 0) is 54.6 Å². The van der Waals surface area contributed by atoms with Crippen molar-refractivity contribution in [3.8, 4) is 16.9 Å². The Balaban J connectivity index is 1.44. The first-order valence-electron chi connectivity index (χ1n) is 15.5. The van der Waals surface area contributed by atoms with Crippen molar-refractivity contribution >= 4 is 25.1 Å².